The molecule has 0 bridgehead atoms. The Hall–Kier alpha value is -2.11. The van der Waals surface area contributed by atoms with Crippen molar-refractivity contribution >= 4 is 5.97 Å². The van der Waals surface area contributed by atoms with Crippen molar-refractivity contribution in [2.24, 2.45) is 0 Å². The number of esters is 1. The van der Waals surface area contributed by atoms with Gasteiger partial charge in [0.2, 0.25) is 5.76 Å². The van der Waals surface area contributed by atoms with E-state index < -0.39 is 5.97 Å². The molecule has 0 aliphatic carbocycles. The molecular weight excluding hydrogens is 270 g/mol. The number of rotatable bonds is 7. The van der Waals surface area contributed by atoms with Gasteiger partial charge in [-0.1, -0.05) is 24.3 Å². The van der Waals surface area contributed by atoms with Crippen molar-refractivity contribution in [2.75, 3.05) is 14.2 Å². The number of carbonyl (C=O) groups excluding carboxylic acids is 1. The molecule has 0 aliphatic rings. The Morgan fingerprint density at radius 1 is 1.10 bits per heavy atom. The van der Waals surface area contributed by atoms with Crippen LogP contribution in [0.5, 0.6) is 0 Å². The quantitative estimate of drug-likeness (QED) is 0.794. The summed E-state index contributed by atoms with van der Waals surface area (Å²) in [6, 6.07) is 9.84. The molecule has 1 heterocycles. The maximum Gasteiger partial charge on any atom is 0.374 e. The fraction of sp³-hybridized carbons (Fsp3) is 0.312. The number of carbonyl (C=O) groups is 1. The summed E-state index contributed by atoms with van der Waals surface area (Å²) in [4.78, 5) is 11.5. The smallest absolute Gasteiger partial charge is 0.374 e. The predicted octanol–water partition coefficient (Wildman–Crippen LogP) is 2.50. The molecule has 0 amide bonds. The SMILES string of the molecule is COCc1ccccc1CNCc1ccoc1C(=O)OC. The second kappa shape index (κ2) is 7.61. The Kier molecular flexibility index (Phi) is 5.54. The summed E-state index contributed by atoms with van der Waals surface area (Å²) in [5.74, 6) is -0.216. The van der Waals surface area contributed by atoms with Crippen LogP contribution in [0, 0.1) is 0 Å². The fourth-order valence-corrected chi connectivity index (χ4v) is 2.10. The summed E-state index contributed by atoms with van der Waals surface area (Å²) < 4.78 is 15.0. The van der Waals surface area contributed by atoms with Crippen molar-refractivity contribution in [1.29, 1.82) is 0 Å². The molecule has 0 saturated heterocycles. The lowest BCUT2D eigenvalue weighted by Crippen LogP contribution is -2.16. The molecule has 0 aliphatic heterocycles. The zero-order valence-electron chi connectivity index (χ0n) is 12.2. The molecule has 5 nitrogen and oxygen atoms in total. The second-order valence-corrected chi connectivity index (χ2v) is 4.57. The zero-order chi connectivity index (χ0) is 15.1. The van der Waals surface area contributed by atoms with Crippen molar-refractivity contribution < 1.29 is 18.7 Å². The number of nitrogens with one attached hydrogen (secondary N) is 1. The van der Waals surface area contributed by atoms with Crippen LogP contribution < -0.4 is 5.32 Å². The lowest BCUT2D eigenvalue weighted by atomic mass is 10.1. The van der Waals surface area contributed by atoms with Gasteiger partial charge in [-0.3, -0.25) is 0 Å². The maximum absolute atomic E-state index is 11.5. The molecule has 112 valence electrons. The second-order valence-electron chi connectivity index (χ2n) is 4.57. The third-order valence-corrected chi connectivity index (χ3v) is 3.17. The lowest BCUT2D eigenvalue weighted by Gasteiger charge is -2.10. The van der Waals surface area contributed by atoms with Gasteiger partial charge in [0.1, 0.15) is 0 Å². The molecule has 1 aromatic carbocycles. The summed E-state index contributed by atoms with van der Waals surface area (Å²) in [7, 11) is 3.02. The number of furan rings is 1. The molecule has 0 spiro atoms. The Morgan fingerprint density at radius 2 is 1.81 bits per heavy atom. The van der Waals surface area contributed by atoms with E-state index in [1.807, 2.05) is 18.2 Å². The minimum Gasteiger partial charge on any atom is -0.463 e. The van der Waals surface area contributed by atoms with Crippen molar-refractivity contribution in [3.63, 3.8) is 0 Å². The van der Waals surface area contributed by atoms with Crippen LogP contribution in [0.1, 0.15) is 27.2 Å². The van der Waals surface area contributed by atoms with Crippen molar-refractivity contribution in [3.05, 3.63) is 59.0 Å². The van der Waals surface area contributed by atoms with Crippen molar-refractivity contribution in [1.82, 2.24) is 5.32 Å². The van der Waals surface area contributed by atoms with Gasteiger partial charge in [0.25, 0.3) is 0 Å². The van der Waals surface area contributed by atoms with Crippen LogP contribution in [0.2, 0.25) is 0 Å². The van der Waals surface area contributed by atoms with E-state index in [0.29, 0.717) is 19.7 Å². The monoisotopic (exact) mass is 289 g/mol. The summed E-state index contributed by atoms with van der Waals surface area (Å²) >= 11 is 0. The molecule has 21 heavy (non-hydrogen) atoms. The van der Waals surface area contributed by atoms with E-state index in [-0.39, 0.29) is 5.76 Å². The summed E-state index contributed by atoms with van der Waals surface area (Å²) in [6.07, 6.45) is 1.49. The molecule has 1 N–H and O–H groups in total. The number of methoxy groups -OCH3 is 2. The van der Waals surface area contributed by atoms with E-state index in [9.17, 15) is 4.79 Å². The highest BCUT2D eigenvalue weighted by Crippen LogP contribution is 2.13. The number of hydrogen-bond donors (Lipinski definition) is 1. The van der Waals surface area contributed by atoms with Crippen molar-refractivity contribution in [3.8, 4) is 0 Å². The van der Waals surface area contributed by atoms with Crippen LogP contribution >= 0.6 is 0 Å². The minimum atomic E-state index is -0.461. The number of ether oxygens (including phenoxy) is 2. The van der Waals surface area contributed by atoms with Gasteiger partial charge < -0.3 is 19.2 Å². The third kappa shape index (κ3) is 3.93. The van der Waals surface area contributed by atoms with Gasteiger partial charge in [0.15, 0.2) is 0 Å². The van der Waals surface area contributed by atoms with Crippen LogP contribution in [0.15, 0.2) is 41.0 Å². The summed E-state index contributed by atoms with van der Waals surface area (Å²) in [5.41, 5.74) is 3.10. The molecule has 5 heteroatoms. The molecular formula is C16H19NO4. The van der Waals surface area contributed by atoms with Crippen LogP contribution in [0.3, 0.4) is 0 Å². The zero-order valence-corrected chi connectivity index (χ0v) is 12.2. The van der Waals surface area contributed by atoms with E-state index in [1.54, 1.807) is 13.2 Å². The molecule has 2 aromatic rings. The Morgan fingerprint density at radius 3 is 2.52 bits per heavy atom. The first kappa shape index (κ1) is 15.3. The van der Waals surface area contributed by atoms with Crippen LogP contribution in [0.25, 0.3) is 0 Å². The van der Waals surface area contributed by atoms with Gasteiger partial charge in [0, 0.05) is 25.8 Å². The normalized spacial score (nSPS) is 10.6. The molecule has 0 unspecified atom stereocenters. The van der Waals surface area contributed by atoms with Gasteiger partial charge in [-0.2, -0.15) is 0 Å². The fourth-order valence-electron chi connectivity index (χ4n) is 2.10. The number of benzene rings is 1. The number of hydrogen-bond acceptors (Lipinski definition) is 5. The van der Waals surface area contributed by atoms with Gasteiger partial charge in [-0.25, -0.2) is 4.79 Å². The van der Waals surface area contributed by atoms with E-state index in [0.717, 1.165) is 11.1 Å². The van der Waals surface area contributed by atoms with Crippen LogP contribution in [-0.4, -0.2) is 20.2 Å². The highest BCUT2D eigenvalue weighted by molar-refractivity contribution is 5.87. The topological polar surface area (TPSA) is 60.7 Å². The van der Waals surface area contributed by atoms with Gasteiger partial charge in [-0.15, -0.1) is 0 Å². The van der Waals surface area contributed by atoms with Crippen LogP contribution in [0.4, 0.5) is 0 Å². The molecule has 0 atom stereocenters. The average molecular weight is 289 g/mol. The Bertz CT molecular complexity index is 591. The minimum absolute atomic E-state index is 0.246. The Labute approximate surface area is 123 Å². The van der Waals surface area contributed by atoms with Crippen LogP contribution in [-0.2, 0) is 29.2 Å². The molecule has 2 rings (SSSR count). The average Bonchev–Trinajstić information content (AvgIpc) is 2.97. The molecule has 1 aromatic heterocycles. The van der Waals surface area contributed by atoms with Crippen molar-refractivity contribution in [2.45, 2.75) is 19.7 Å². The third-order valence-electron chi connectivity index (χ3n) is 3.17. The highest BCUT2D eigenvalue weighted by atomic mass is 16.5. The lowest BCUT2D eigenvalue weighted by molar-refractivity contribution is 0.0563. The van der Waals surface area contributed by atoms with Gasteiger partial charge in [-0.05, 0) is 17.2 Å². The highest BCUT2D eigenvalue weighted by Gasteiger charge is 2.15. The first-order valence-electron chi connectivity index (χ1n) is 6.67. The Balaban J connectivity index is 1.96. The largest absolute Gasteiger partial charge is 0.463 e. The molecule has 0 radical (unpaired) electrons. The van der Waals surface area contributed by atoms with E-state index in [1.165, 1.54) is 18.9 Å². The van der Waals surface area contributed by atoms with E-state index >= 15 is 0 Å². The molecule has 0 fully saturated rings. The van der Waals surface area contributed by atoms with E-state index in [4.69, 9.17) is 9.15 Å². The standard InChI is InChI=1S/C16H19NO4/c1-19-11-14-6-4-3-5-12(14)9-17-10-13-7-8-21-15(13)16(18)20-2/h3-8,17H,9-11H2,1-2H3. The first-order valence-corrected chi connectivity index (χ1v) is 6.67. The van der Waals surface area contributed by atoms with E-state index in [2.05, 4.69) is 16.1 Å². The van der Waals surface area contributed by atoms with Gasteiger partial charge >= 0.3 is 5.97 Å². The summed E-state index contributed by atoms with van der Waals surface area (Å²) in [6.45, 7) is 1.80. The molecule has 0 saturated carbocycles. The summed E-state index contributed by atoms with van der Waals surface area (Å²) in [5, 5.41) is 3.30. The first-order chi connectivity index (χ1) is 10.3. The maximum atomic E-state index is 11.5. The predicted molar refractivity (Wildman–Crippen MR) is 77.7 cm³/mol. The van der Waals surface area contributed by atoms with Gasteiger partial charge in [0.05, 0.1) is 20.0 Å².